The third-order valence-corrected chi connectivity index (χ3v) is 3.64. The van der Waals surface area contributed by atoms with Gasteiger partial charge in [-0.2, -0.15) is 0 Å². The molecule has 0 unspecified atom stereocenters. The van der Waals surface area contributed by atoms with E-state index in [1.807, 2.05) is 38.2 Å². The zero-order valence-corrected chi connectivity index (χ0v) is 14.3. The van der Waals surface area contributed by atoms with Crippen LogP contribution >= 0.6 is 0 Å². The summed E-state index contributed by atoms with van der Waals surface area (Å²) in [7, 11) is 2.99. The minimum atomic E-state index is -0.0271. The fourth-order valence-corrected chi connectivity index (χ4v) is 2.56. The minimum Gasteiger partial charge on any atom is -0.504 e. The number of rotatable bonds is 5. The highest BCUT2D eigenvalue weighted by Crippen LogP contribution is 2.45. The second-order valence-corrected chi connectivity index (χ2v) is 5.24. The lowest BCUT2D eigenvalue weighted by Gasteiger charge is -2.15. The van der Waals surface area contributed by atoms with Crippen molar-refractivity contribution in [2.75, 3.05) is 14.2 Å². The molecule has 0 saturated carbocycles. The molecule has 0 aliphatic rings. The highest BCUT2D eigenvalue weighted by molar-refractivity contribution is 5.83. The van der Waals surface area contributed by atoms with E-state index in [-0.39, 0.29) is 11.5 Å². The largest absolute Gasteiger partial charge is 0.504 e. The zero-order valence-electron chi connectivity index (χ0n) is 14.3. The standard InChI is InChI=1S/C20H22O4/c1-5-7-13-9-15(19(21)17(11-13)23-3)16-10-14(8-6-2)12-18(24-4)20(16)22/h5-12,21-22H,1-4H3/b7-5+,8-6+. The molecule has 0 bridgehead atoms. The Bertz CT molecular complexity index is 721. The zero-order chi connectivity index (χ0) is 17.7. The molecule has 0 aliphatic heterocycles. The second-order valence-electron chi connectivity index (χ2n) is 5.24. The van der Waals surface area contributed by atoms with Crippen LogP contribution in [0, 0.1) is 0 Å². The number of methoxy groups -OCH3 is 2. The molecule has 0 heterocycles. The summed E-state index contributed by atoms with van der Waals surface area (Å²) in [5.41, 5.74) is 2.67. The first-order valence-corrected chi connectivity index (χ1v) is 7.63. The van der Waals surface area contributed by atoms with Crippen molar-refractivity contribution >= 4 is 12.2 Å². The van der Waals surface area contributed by atoms with Crippen molar-refractivity contribution in [2.24, 2.45) is 0 Å². The van der Waals surface area contributed by atoms with Gasteiger partial charge < -0.3 is 19.7 Å². The smallest absolute Gasteiger partial charge is 0.165 e. The van der Waals surface area contributed by atoms with Crippen LogP contribution in [0.4, 0.5) is 0 Å². The van der Waals surface area contributed by atoms with E-state index in [9.17, 15) is 10.2 Å². The molecular formula is C20H22O4. The average molecular weight is 326 g/mol. The van der Waals surface area contributed by atoms with Crippen LogP contribution in [0.2, 0.25) is 0 Å². The molecule has 4 heteroatoms. The molecular weight excluding hydrogens is 304 g/mol. The second kappa shape index (κ2) is 7.59. The summed E-state index contributed by atoms with van der Waals surface area (Å²) < 4.78 is 10.5. The van der Waals surface area contributed by atoms with Crippen LogP contribution in [-0.4, -0.2) is 24.4 Å². The van der Waals surface area contributed by atoms with Crippen LogP contribution < -0.4 is 9.47 Å². The Balaban J connectivity index is 2.79. The first-order chi connectivity index (χ1) is 11.5. The SMILES string of the molecule is C/C=C/c1cc(OC)c(O)c(-c2cc(/C=C/C)cc(OC)c2O)c1. The van der Waals surface area contributed by atoms with Crippen molar-refractivity contribution in [1.82, 2.24) is 0 Å². The molecule has 0 aliphatic carbocycles. The summed E-state index contributed by atoms with van der Waals surface area (Å²) in [4.78, 5) is 0. The lowest BCUT2D eigenvalue weighted by Crippen LogP contribution is -1.92. The van der Waals surface area contributed by atoms with Gasteiger partial charge in [0.25, 0.3) is 0 Å². The van der Waals surface area contributed by atoms with E-state index in [1.165, 1.54) is 14.2 Å². The summed E-state index contributed by atoms with van der Waals surface area (Å²) >= 11 is 0. The van der Waals surface area contributed by atoms with Crippen LogP contribution in [0.25, 0.3) is 23.3 Å². The summed E-state index contributed by atoms with van der Waals surface area (Å²) in [6.07, 6.45) is 7.59. The van der Waals surface area contributed by atoms with Gasteiger partial charge in [0, 0.05) is 11.1 Å². The van der Waals surface area contributed by atoms with Crippen molar-refractivity contribution in [1.29, 1.82) is 0 Å². The number of benzene rings is 2. The predicted octanol–water partition coefficient (Wildman–Crippen LogP) is 4.85. The van der Waals surface area contributed by atoms with Crippen molar-refractivity contribution < 1.29 is 19.7 Å². The maximum Gasteiger partial charge on any atom is 0.165 e. The van der Waals surface area contributed by atoms with Gasteiger partial charge in [0.15, 0.2) is 23.0 Å². The van der Waals surface area contributed by atoms with Gasteiger partial charge in [-0.25, -0.2) is 0 Å². The third-order valence-electron chi connectivity index (χ3n) is 3.64. The topological polar surface area (TPSA) is 58.9 Å². The Hall–Kier alpha value is -2.88. The minimum absolute atomic E-state index is 0.0271. The van der Waals surface area contributed by atoms with Gasteiger partial charge in [-0.1, -0.05) is 24.3 Å². The van der Waals surface area contributed by atoms with Crippen molar-refractivity contribution in [3.05, 3.63) is 47.5 Å². The molecule has 2 aromatic rings. The molecule has 0 atom stereocenters. The quantitative estimate of drug-likeness (QED) is 0.825. The van der Waals surface area contributed by atoms with Crippen LogP contribution in [0.3, 0.4) is 0 Å². The van der Waals surface area contributed by atoms with Crippen LogP contribution in [-0.2, 0) is 0 Å². The lowest BCUT2D eigenvalue weighted by molar-refractivity contribution is 0.371. The van der Waals surface area contributed by atoms with Gasteiger partial charge >= 0.3 is 0 Å². The number of phenols is 2. The Morgan fingerprint density at radius 2 is 1.08 bits per heavy atom. The van der Waals surface area contributed by atoms with E-state index in [4.69, 9.17) is 9.47 Å². The average Bonchev–Trinajstić information content (AvgIpc) is 2.58. The van der Waals surface area contributed by atoms with Crippen LogP contribution in [0.15, 0.2) is 36.4 Å². The Labute approximate surface area is 142 Å². The third kappa shape index (κ3) is 3.38. The van der Waals surface area contributed by atoms with Crippen molar-refractivity contribution in [3.63, 3.8) is 0 Å². The molecule has 2 aromatic carbocycles. The maximum atomic E-state index is 10.5. The van der Waals surface area contributed by atoms with Gasteiger partial charge in [-0.05, 0) is 49.2 Å². The van der Waals surface area contributed by atoms with Crippen molar-refractivity contribution in [3.8, 4) is 34.1 Å². The Morgan fingerprint density at radius 1 is 0.708 bits per heavy atom. The number of phenolic OH excluding ortho intramolecular Hbond substituents is 2. The van der Waals surface area contributed by atoms with E-state index >= 15 is 0 Å². The summed E-state index contributed by atoms with van der Waals surface area (Å²) in [5.74, 6) is 0.632. The van der Waals surface area contributed by atoms with E-state index in [1.54, 1.807) is 24.3 Å². The first kappa shape index (κ1) is 17.5. The van der Waals surface area contributed by atoms with Gasteiger partial charge in [-0.3, -0.25) is 0 Å². The molecule has 0 aromatic heterocycles. The number of allylic oxidation sites excluding steroid dienone is 2. The molecule has 2 N–H and O–H groups in total. The van der Waals surface area contributed by atoms with Gasteiger partial charge in [-0.15, -0.1) is 0 Å². The highest BCUT2D eigenvalue weighted by atomic mass is 16.5. The van der Waals surface area contributed by atoms with E-state index in [0.29, 0.717) is 22.6 Å². The molecule has 0 spiro atoms. The number of aromatic hydroxyl groups is 2. The molecule has 0 saturated heterocycles. The van der Waals surface area contributed by atoms with Gasteiger partial charge in [0.1, 0.15) is 0 Å². The molecule has 2 rings (SSSR count). The van der Waals surface area contributed by atoms with Gasteiger partial charge in [0.05, 0.1) is 14.2 Å². The van der Waals surface area contributed by atoms with E-state index in [2.05, 4.69) is 0 Å². The monoisotopic (exact) mass is 326 g/mol. The van der Waals surface area contributed by atoms with E-state index in [0.717, 1.165) is 11.1 Å². The fourth-order valence-electron chi connectivity index (χ4n) is 2.56. The van der Waals surface area contributed by atoms with Crippen LogP contribution in [0.1, 0.15) is 25.0 Å². The fraction of sp³-hybridized carbons (Fsp3) is 0.200. The predicted molar refractivity (Wildman–Crippen MR) is 97.7 cm³/mol. The Morgan fingerprint density at radius 3 is 1.38 bits per heavy atom. The maximum absolute atomic E-state index is 10.5. The molecule has 0 fully saturated rings. The lowest BCUT2D eigenvalue weighted by atomic mass is 9.97. The van der Waals surface area contributed by atoms with Gasteiger partial charge in [0.2, 0.25) is 0 Å². The molecule has 126 valence electrons. The molecule has 0 amide bonds. The number of ether oxygens (including phenoxy) is 2. The van der Waals surface area contributed by atoms with E-state index < -0.39 is 0 Å². The molecule has 4 nitrogen and oxygen atoms in total. The molecule has 0 radical (unpaired) electrons. The first-order valence-electron chi connectivity index (χ1n) is 7.63. The summed E-state index contributed by atoms with van der Waals surface area (Å²) in [6, 6.07) is 7.07. The van der Waals surface area contributed by atoms with Crippen molar-refractivity contribution in [2.45, 2.75) is 13.8 Å². The molecule has 24 heavy (non-hydrogen) atoms. The van der Waals surface area contributed by atoms with Crippen LogP contribution in [0.5, 0.6) is 23.0 Å². The highest BCUT2D eigenvalue weighted by Gasteiger charge is 2.18. The summed E-state index contributed by atoms with van der Waals surface area (Å²) in [6.45, 7) is 3.82. The number of hydrogen-bond acceptors (Lipinski definition) is 4. The normalized spacial score (nSPS) is 11.3. The Kier molecular flexibility index (Phi) is 5.53. The summed E-state index contributed by atoms with van der Waals surface area (Å²) in [5, 5.41) is 21.0. The number of hydrogen-bond donors (Lipinski definition) is 2.